The Labute approximate surface area is 363 Å². The first-order valence-electron chi connectivity index (χ1n) is 20.2. The summed E-state index contributed by atoms with van der Waals surface area (Å²) in [4.78, 5) is 79.3. The van der Waals surface area contributed by atoms with Crippen molar-refractivity contribution in [3.05, 3.63) is 0 Å². The van der Waals surface area contributed by atoms with Crippen LogP contribution in [0.3, 0.4) is 0 Å². The molecule has 18 heteroatoms. The van der Waals surface area contributed by atoms with Gasteiger partial charge in [0, 0.05) is 53.6 Å². The molecule has 3 amide bonds. The van der Waals surface area contributed by atoms with Gasteiger partial charge in [-0.15, -0.1) is 0 Å². The molecule has 0 saturated heterocycles. The zero-order valence-corrected chi connectivity index (χ0v) is 37.2. The van der Waals surface area contributed by atoms with Crippen LogP contribution >= 0.6 is 44.5 Å². The predicted octanol–water partition coefficient (Wildman–Crippen LogP) is 5.84. The van der Waals surface area contributed by atoms with Crippen LogP contribution in [0.15, 0.2) is 0 Å². The highest BCUT2D eigenvalue weighted by molar-refractivity contribution is 14.1. The van der Waals surface area contributed by atoms with E-state index in [4.69, 9.17) is 21.7 Å². The highest BCUT2D eigenvalue weighted by atomic mass is 127. The van der Waals surface area contributed by atoms with Crippen LogP contribution in [0.1, 0.15) is 155 Å². The third-order valence-corrected chi connectivity index (χ3v) is 12.1. The second kappa shape index (κ2) is 43.6. The monoisotopic (exact) mass is 962 g/mol. The Morgan fingerprint density at radius 1 is 0.667 bits per heavy atom. The molecule has 0 heterocycles. The van der Waals surface area contributed by atoms with Gasteiger partial charge in [0.05, 0.1) is 6.04 Å². The fourth-order valence-corrected chi connectivity index (χ4v) is 8.45. The first-order valence-corrected chi connectivity index (χ1v) is 23.7. The summed E-state index contributed by atoms with van der Waals surface area (Å²) in [7, 11) is 4.12. The maximum atomic E-state index is 12.8. The van der Waals surface area contributed by atoms with Gasteiger partial charge in [0.15, 0.2) is 0 Å². The lowest BCUT2D eigenvalue weighted by Crippen LogP contribution is -2.53. The van der Waals surface area contributed by atoms with Crippen molar-refractivity contribution in [1.82, 2.24) is 19.5 Å². The average molecular weight is 963 g/mol. The van der Waals surface area contributed by atoms with Crippen LogP contribution in [0, 0.1) is 0 Å². The molecule has 0 spiro atoms. The fraction of sp³-hybridized carbons (Fsp3) is 0.821. The standard InChI is InChI=1S/C20H38O3.C18H33IN6O6S2.CH4/c21-19-17-15-13-11-9-7-5-3-1-2-4-6-8-10-12-14-16-18-20(22)23;1-22-13(18(30)31)5-6-15(27)23-12(4-2-3-7-20)17(29)24-14(16(21)28)10-33-32-9-11(8-26)25-19;/h19H,1-18H2,(H,22,23);8,11-14,22,25H,2-7,9-10,20H2,1H3,(H2,21,28)(H,23,27)(H,24,29)(H,30,31);1H4/t;11?,12?,13-,14?;/m.0./s1. The Balaban J connectivity index is -0.00000107. The molecule has 3 unspecified atom stereocenters. The van der Waals surface area contributed by atoms with Gasteiger partial charge in [-0.25, -0.2) is 3.53 Å². The Morgan fingerprint density at radius 3 is 1.60 bits per heavy atom. The molecular weight excluding hydrogens is 887 g/mol. The maximum absolute atomic E-state index is 12.8. The summed E-state index contributed by atoms with van der Waals surface area (Å²) in [6.45, 7) is 0.427. The zero-order valence-electron chi connectivity index (χ0n) is 33.5. The number of aliphatic carboxylic acids is 2. The molecule has 0 radical (unpaired) electrons. The lowest BCUT2D eigenvalue weighted by atomic mass is 10.0. The van der Waals surface area contributed by atoms with Crippen molar-refractivity contribution < 1.29 is 43.8 Å². The summed E-state index contributed by atoms with van der Waals surface area (Å²) in [5, 5.41) is 25.4. The summed E-state index contributed by atoms with van der Waals surface area (Å²) < 4.78 is 2.80. The smallest absolute Gasteiger partial charge is 0.320 e. The lowest BCUT2D eigenvalue weighted by molar-refractivity contribution is -0.140. The van der Waals surface area contributed by atoms with E-state index in [1.54, 1.807) is 0 Å². The molecule has 0 saturated carbocycles. The predicted molar refractivity (Wildman–Crippen MR) is 241 cm³/mol. The quantitative estimate of drug-likeness (QED) is 0.0118. The zero-order chi connectivity index (χ0) is 42.2. The van der Waals surface area contributed by atoms with Gasteiger partial charge in [0.25, 0.3) is 0 Å². The Hall–Kier alpha value is -2.00. The van der Waals surface area contributed by atoms with Gasteiger partial charge in [0.1, 0.15) is 30.7 Å². The van der Waals surface area contributed by atoms with Gasteiger partial charge in [-0.3, -0.25) is 24.0 Å². The fourth-order valence-electron chi connectivity index (χ4n) is 5.47. The van der Waals surface area contributed by atoms with Crippen molar-refractivity contribution in [2.45, 2.75) is 179 Å². The minimum Gasteiger partial charge on any atom is -0.481 e. The topological polar surface area (TPSA) is 260 Å². The van der Waals surface area contributed by atoms with E-state index in [0.29, 0.717) is 38.0 Å². The average Bonchev–Trinajstić information content (AvgIpc) is 3.16. The number of unbranched alkanes of at least 4 members (excludes halogenated alkanes) is 17. The molecule has 0 aliphatic heterocycles. The van der Waals surface area contributed by atoms with Gasteiger partial charge in [-0.1, -0.05) is 119 Å². The number of carboxylic acid groups (broad SMARTS) is 2. The van der Waals surface area contributed by atoms with Crippen molar-refractivity contribution in [2.24, 2.45) is 11.5 Å². The Kier molecular flexibility index (Phi) is 45.3. The molecule has 0 bridgehead atoms. The molecule has 0 aliphatic carbocycles. The van der Waals surface area contributed by atoms with E-state index in [0.717, 1.165) is 38.3 Å². The highest BCUT2D eigenvalue weighted by Gasteiger charge is 2.26. The molecule has 57 heavy (non-hydrogen) atoms. The van der Waals surface area contributed by atoms with Crippen LogP contribution in [0.4, 0.5) is 0 Å². The molecule has 0 aromatic rings. The number of carbonyl (C=O) groups is 7. The molecule has 4 atom stereocenters. The van der Waals surface area contributed by atoms with Crippen molar-refractivity contribution >= 4 is 86.7 Å². The first-order chi connectivity index (χ1) is 27.0. The van der Waals surface area contributed by atoms with Gasteiger partial charge in [-0.05, 0) is 52.1 Å². The summed E-state index contributed by atoms with van der Waals surface area (Å²) in [6.07, 6.45) is 24.5. The minimum atomic E-state index is -1.07. The Morgan fingerprint density at radius 2 is 1.18 bits per heavy atom. The van der Waals surface area contributed by atoms with E-state index in [1.165, 1.54) is 112 Å². The second-order valence-electron chi connectivity index (χ2n) is 13.8. The first kappa shape index (κ1) is 59.3. The summed E-state index contributed by atoms with van der Waals surface area (Å²) in [5.41, 5.74) is 10.9. The number of hydrogen-bond acceptors (Lipinski definition) is 12. The van der Waals surface area contributed by atoms with Crippen molar-refractivity contribution in [3.8, 4) is 0 Å². The van der Waals surface area contributed by atoms with Crippen molar-refractivity contribution in [1.29, 1.82) is 0 Å². The van der Waals surface area contributed by atoms with Crippen LogP contribution < -0.4 is 30.9 Å². The third kappa shape index (κ3) is 39.2. The minimum absolute atomic E-state index is 0. The third-order valence-electron chi connectivity index (χ3n) is 8.90. The number of carbonyl (C=O) groups excluding carboxylic acids is 5. The maximum Gasteiger partial charge on any atom is 0.320 e. The normalized spacial score (nSPS) is 12.8. The number of aldehydes is 2. The van der Waals surface area contributed by atoms with E-state index in [2.05, 4.69) is 19.5 Å². The van der Waals surface area contributed by atoms with Crippen LogP contribution in [-0.2, 0) is 33.6 Å². The number of nitrogens with one attached hydrogen (secondary N) is 4. The number of rotatable bonds is 39. The SMILES string of the molecule is C.CN[C@@H](CCC(=O)NC(CCCCN)C(=O)NC(CSSCC(C=O)NI)C(N)=O)C(=O)O.O=CCCCCCCCCCCCCCCCCCCC(=O)O. The van der Waals surface area contributed by atoms with E-state index in [1.807, 2.05) is 22.9 Å². The van der Waals surface area contributed by atoms with E-state index < -0.39 is 47.8 Å². The molecular formula is C39H75IN6O9S2. The molecule has 15 nitrogen and oxygen atoms in total. The van der Waals surface area contributed by atoms with Crippen LogP contribution in [-0.4, -0.2) is 102 Å². The van der Waals surface area contributed by atoms with Crippen LogP contribution in [0.25, 0.3) is 0 Å². The molecule has 0 aromatic heterocycles. The summed E-state index contributed by atoms with van der Waals surface area (Å²) >= 11 is 1.88. The number of amides is 3. The molecule has 0 rings (SSSR count). The highest BCUT2D eigenvalue weighted by Crippen LogP contribution is 2.23. The number of nitrogens with two attached hydrogens (primary N) is 2. The van der Waals surface area contributed by atoms with Crippen LogP contribution in [0.2, 0.25) is 0 Å². The Bertz CT molecular complexity index is 1070. The van der Waals surface area contributed by atoms with Crippen LogP contribution in [0.5, 0.6) is 0 Å². The molecule has 0 aliphatic rings. The lowest BCUT2D eigenvalue weighted by Gasteiger charge is -2.22. The van der Waals surface area contributed by atoms with E-state index >= 15 is 0 Å². The second-order valence-corrected chi connectivity index (χ2v) is 16.9. The van der Waals surface area contributed by atoms with Gasteiger partial charge >= 0.3 is 11.9 Å². The van der Waals surface area contributed by atoms with Gasteiger partial charge < -0.3 is 47.2 Å². The molecule has 0 fully saturated rings. The number of likely N-dealkylation sites (N-methyl/N-ethyl adjacent to an activating group) is 1. The number of primary amides is 1. The number of hydrogen-bond donors (Lipinski definition) is 8. The summed E-state index contributed by atoms with van der Waals surface area (Å²) in [5.74, 6) is -2.84. The molecule has 0 aromatic carbocycles. The number of halogens is 1. The summed E-state index contributed by atoms with van der Waals surface area (Å²) in [6, 6.07) is -3.10. The number of carboxylic acids is 2. The molecule has 10 N–H and O–H groups in total. The van der Waals surface area contributed by atoms with Gasteiger partial charge in [-0.2, -0.15) is 0 Å². The molecule has 334 valence electrons. The van der Waals surface area contributed by atoms with Gasteiger partial charge in [0.2, 0.25) is 17.7 Å². The van der Waals surface area contributed by atoms with E-state index in [9.17, 15) is 33.6 Å². The largest absolute Gasteiger partial charge is 0.481 e. The van der Waals surface area contributed by atoms with Crippen molar-refractivity contribution in [3.63, 3.8) is 0 Å². The van der Waals surface area contributed by atoms with E-state index in [-0.39, 0.29) is 32.1 Å². The van der Waals surface area contributed by atoms with Crippen molar-refractivity contribution in [2.75, 3.05) is 25.1 Å².